The third-order valence-corrected chi connectivity index (χ3v) is 4.48. The van der Waals surface area contributed by atoms with E-state index in [1.807, 2.05) is 49.4 Å². The smallest absolute Gasteiger partial charge is 0.223 e. The van der Waals surface area contributed by atoms with Gasteiger partial charge in [0, 0.05) is 29.9 Å². The molecular formula is C19H19N3O2S. The minimum Gasteiger partial charge on any atom is -0.503 e. The van der Waals surface area contributed by atoms with E-state index in [1.165, 1.54) is 6.07 Å². The lowest BCUT2D eigenvalue weighted by molar-refractivity contribution is 0.450. The molecule has 0 aliphatic heterocycles. The normalized spacial score (nSPS) is 10.6. The van der Waals surface area contributed by atoms with E-state index in [4.69, 9.17) is 12.2 Å². The van der Waals surface area contributed by atoms with Crippen molar-refractivity contribution in [1.82, 2.24) is 9.88 Å². The maximum Gasteiger partial charge on any atom is 0.223 e. The molecule has 0 unspecified atom stereocenters. The molecular weight excluding hydrogens is 334 g/mol. The molecule has 3 rings (SSSR count). The van der Waals surface area contributed by atoms with Crippen LogP contribution in [0.5, 0.6) is 5.75 Å². The fourth-order valence-corrected chi connectivity index (χ4v) is 2.92. The monoisotopic (exact) mass is 353 g/mol. The van der Waals surface area contributed by atoms with Crippen LogP contribution in [0.1, 0.15) is 11.4 Å². The van der Waals surface area contributed by atoms with Crippen molar-refractivity contribution >= 4 is 33.8 Å². The second-order valence-corrected chi connectivity index (χ2v) is 6.25. The number of benzene rings is 2. The first-order chi connectivity index (χ1) is 12.0. The third-order valence-electron chi connectivity index (χ3n) is 4.23. The van der Waals surface area contributed by atoms with Crippen LogP contribution < -0.4 is 16.1 Å². The van der Waals surface area contributed by atoms with Gasteiger partial charge >= 0.3 is 0 Å². The molecule has 0 radical (unpaired) electrons. The molecule has 5 nitrogen and oxygen atoms in total. The average molecular weight is 353 g/mol. The van der Waals surface area contributed by atoms with E-state index in [2.05, 4.69) is 10.6 Å². The summed E-state index contributed by atoms with van der Waals surface area (Å²) in [6.45, 7) is 2.06. The number of anilines is 1. The molecule has 0 spiro atoms. The molecule has 3 aromatic rings. The van der Waals surface area contributed by atoms with Crippen molar-refractivity contribution in [3.8, 4) is 5.75 Å². The molecule has 3 N–H and O–H groups in total. The summed E-state index contributed by atoms with van der Waals surface area (Å²) in [6.07, 6.45) is 0. The Kier molecular flexibility index (Phi) is 4.72. The van der Waals surface area contributed by atoms with Crippen LogP contribution in [0.15, 0.2) is 53.3 Å². The molecule has 0 fully saturated rings. The number of fused-ring (bicyclic) bond motifs is 1. The maximum absolute atomic E-state index is 11.8. The summed E-state index contributed by atoms with van der Waals surface area (Å²) in [7, 11) is 1.80. The number of aromatic hydroxyl groups is 1. The Morgan fingerprint density at radius 1 is 1.20 bits per heavy atom. The Morgan fingerprint density at radius 3 is 2.72 bits per heavy atom. The highest BCUT2D eigenvalue weighted by Gasteiger charge is 2.11. The molecule has 2 aromatic carbocycles. The van der Waals surface area contributed by atoms with Crippen molar-refractivity contribution in [2.75, 3.05) is 5.32 Å². The Morgan fingerprint density at radius 2 is 1.92 bits per heavy atom. The van der Waals surface area contributed by atoms with Crippen molar-refractivity contribution in [2.24, 2.45) is 7.05 Å². The zero-order chi connectivity index (χ0) is 18.0. The van der Waals surface area contributed by atoms with Crippen LogP contribution in [-0.4, -0.2) is 14.8 Å². The van der Waals surface area contributed by atoms with Crippen LogP contribution >= 0.6 is 12.2 Å². The highest BCUT2D eigenvalue weighted by molar-refractivity contribution is 7.80. The Labute approximate surface area is 150 Å². The van der Waals surface area contributed by atoms with E-state index in [-0.39, 0.29) is 17.7 Å². The summed E-state index contributed by atoms with van der Waals surface area (Å²) >= 11 is 5.36. The quantitative estimate of drug-likeness (QED) is 0.632. The van der Waals surface area contributed by atoms with Crippen LogP contribution in [0.4, 0.5) is 5.69 Å². The van der Waals surface area contributed by atoms with Gasteiger partial charge in [0.05, 0.1) is 12.2 Å². The molecule has 1 heterocycles. The van der Waals surface area contributed by atoms with Gasteiger partial charge in [0.25, 0.3) is 0 Å². The lowest BCUT2D eigenvalue weighted by atomic mass is 10.1. The third kappa shape index (κ3) is 3.49. The topological polar surface area (TPSA) is 66.3 Å². The largest absolute Gasteiger partial charge is 0.503 e. The van der Waals surface area contributed by atoms with Crippen molar-refractivity contribution in [2.45, 2.75) is 13.5 Å². The van der Waals surface area contributed by atoms with Crippen LogP contribution in [0, 0.1) is 6.92 Å². The van der Waals surface area contributed by atoms with Crippen molar-refractivity contribution in [3.05, 3.63) is 70.1 Å². The number of pyridine rings is 1. The van der Waals surface area contributed by atoms with Crippen LogP contribution in [0.25, 0.3) is 10.8 Å². The number of rotatable bonds is 3. The van der Waals surface area contributed by atoms with Gasteiger partial charge in [-0.2, -0.15) is 0 Å². The number of aryl methyl sites for hydroxylation is 1. The summed E-state index contributed by atoms with van der Waals surface area (Å²) in [5.41, 5.74) is 1.78. The molecule has 6 heteroatoms. The van der Waals surface area contributed by atoms with Crippen LogP contribution in [0.2, 0.25) is 0 Å². The van der Waals surface area contributed by atoms with Gasteiger partial charge in [0.1, 0.15) is 0 Å². The Hall–Kier alpha value is -2.86. The average Bonchev–Trinajstić information content (AvgIpc) is 2.60. The molecule has 0 bridgehead atoms. The first kappa shape index (κ1) is 17.0. The van der Waals surface area contributed by atoms with E-state index >= 15 is 0 Å². The van der Waals surface area contributed by atoms with Gasteiger partial charge in [-0.15, -0.1) is 0 Å². The van der Waals surface area contributed by atoms with Gasteiger partial charge < -0.3 is 20.3 Å². The number of hydrogen-bond donors (Lipinski definition) is 3. The van der Waals surface area contributed by atoms with E-state index in [0.717, 1.165) is 22.2 Å². The molecule has 0 saturated heterocycles. The molecule has 0 aliphatic rings. The number of aromatic nitrogens is 1. The van der Waals surface area contributed by atoms with E-state index in [0.29, 0.717) is 10.8 Å². The van der Waals surface area contributed by atoms with Gasteiger partial charge in [-0.1, -0.05) is 36.4 Å². The Balaban J connectivity index is 1.77. The molecule has 0 amide bonds. The van der Waals surface area contributed by atoms with E-state index < -0.39 is 0 Å². The van der Waals surface area contributed by atoms with Crippen LogP contribution in [0.3, 0.4) is 0 Å². The summed E-state index contributed by atoms with van der Waals surface area (Å²) in [5.74, 6) is -0.256. The summed E-state index contributed by atoms with van der Waals surface area (Å²) in [4.78, 5) is 11.8. The maximum atomic E-state index is 11.8. The zero-order valence-electron chi connectivity index (χ0n) is 14.0. The van der Waals surface area contributed by atoms with Crippen molar-refractivity contribution in [3.63, 3.8) is 0 Å². The van der Waals surface area contributed by atoms with Gasteiger partial charge in [0.2, 0.25) is 5.43 Å². The number of nitrogens with zero attached hydrogens (tertiary/aromatic N) is 1. The first-order valence-corrected chi connectivity index (χ1v) is 8.29. The molecule has 0 atom stereocenters. The van der Waals surface area contributed by atoms with Crippen molar-refractivity contribution in [1.29, 1.82) is 0 Å². The lowest BCUT2D eigenvalue weighted by Crippen LogP contribution is -2.30. The number of thiocarbonyl (C=S) groups is 1. The summed E-state index contributed by atoms with van der Waals surface area (Å²) < 4.78 is 1.77. The SMILES string of the molecule is Cc1cc(=O)c(O)c(CNC(=S)Nc2cccc3ccccc23)n1C. The fraction of sp³-hybridized carbons (Fsp3) is 0.158. The molecule has 128 valence electrons. The van der Waals surface area contributed by atoms with Crippen LogP contribution in [-0.2, 0) is 13.6 Å². The Bertz CT molecular complexity index is 1010. The predicted molar refractivity (Wildman–Crippen MR) is 105 cm³/mol. The zero-order valence-corrected chi connectivity index (χ0v) is 14.9. The number of nitrogens with one attached hydrogen (secondary N) is 2. The lowest BCUT2D eigenvalue weighted by Gasteiger charge is -2.16. The highest BCUT2D eigenvalue weighted by atomic mass is 32.1. The minimum atomic E-state index is -0.389. The van der Waals surface area contributed by atoms with Gasteiger partial charge in [-0.05, 0) is 30.6 Å². The molecule has 0 saturated carbocycles. The second-order valence-electron chi connectivity index (χ2n) is 5.84. The van der Waals surface area contributed by atoms with Gasteiger partial charge in [-0.25, -0.2) is 0 Å². The minimum absolute atomic E-state index is 0.246. The molecule has 1 aromatic heterocycles. The molecule has 0 aliphatic carbocycles. The van der Waals surface area contributed by atoms with E-state index in [1.54, 1.807) is 11.6 Å². The standard InChI is InChI=1S/C19H19N3O2S/c1-12-10-17(23)18(24)16(22(12)2)11-20-19(25)21-15-9-5-7-13-6-3-4-8-14(13)15/h3-10,24H,11H2,1-2H3,(H2,20,21,25). The second kappa shape index (κ2) is 6.94. The van der Waals surface area contributed by atoms with Gasteiger partial charge in [-0.3, -0.25) is 4.79 Å². The summed E-state index contributed by atoms with van der Waals surface area (Å²) in [5, 5.41) is 18.8. The first-order valence-electron chi connectivity index (χ1n) is 7.88. The molecule has 25 heavy (non-hydrogen) atoms. The summed E-state index contributed by atoms with van der Waals surface area (Å²) in [6, 6.07) is 15.4. The highest BCUT2D eigenvalue weighted by Crippen LogP contribution is 2.22. The predicted octanol–water partition coefficient (Wildman–Crippen LogP) is 3.04. The fourth-order valence-electron chi connectivity index (χ4n) is 2.74. The van der Waals surface area contributed by atoms with E-state index in [9.17, 15) is 9.90 Å². The van der Waals surface area contributed by atoms with Crippen molar-refractivity contribution < 1.29 is 5.11 Å². The number of hydrogen-bond acceptors (Lipinski definition) is 3. The van der Waals surface area contributed by atoms with Gasteiger partial charge in [0.15, 0.2) is 10.9 Å².